The average molecular weight is 371 g/mol. The number of halogens is 1. The van der Waals surface area contributed by atoms with Gasteiger partial charge in [0.05, 0.1) is 11.5 Å². The topological polar surface area (TPSA) is 47.6 Å². The molecule has 0 saturated heterocycles. The number of amides is 1. The molecule has 1 N–H and O–H groups in total. The van der Waals surface area contributed by atoms with Gasteiger partial charge >= 0.3 is 0 Å². The van der Waals surface area contributed by atoms with E-state index in [2.05, 4.69) is 5.32 Å². The Morgan fingerprint density at radius 3 is 2.58 bits per heavy atom. The number of thiophene rings is 1. The molecule has 3 aromatic rings. The van der Waals surface area contributed by atoms with Crippen molar-refractivity contribution < 1.29 is 18.7 Å². The lowest BCUT2D eigenvalue weighted by Gasteiger charge is -2.10. The van der Waals surface area contributed by atoms with Gasteiger partial charge in [-0.05, 0) is 48.7 Å². The van der Waals surface area contributed by atoms with Crippen LogP contribution in [-0.4, -0.2) is 12.5 Å². The molecule has 6 heteroatoms. The third kappa shape index (κ3) is 4.61. The van der Waals surface area contributed by atoms with Crippen molar-refractivity contribution in [2.45, 2.75) is 13.5 Å². The molecule has 0 aliphatic heterocycles. The van der Waals surface area contributed by atoms with Crippen molar-refractivity contribution in [3.63, 3.8) is 0 Å². The van der Waals surface area contributed by atoms with Crippen LogP contribution < -0.4 is 14.8 Å². The largest absolute Gasteiger partial charge is 0.490 e. The van der Waals surface area contributed by atoms with E-state index in [4.69, 9.17) is 9.47 Å². The molecule has 26 heavy (non-hydrogen) atoms. The van der Waals surface area contributed by atoms with Crippen molar-refractivity contribution in [2.24, 2.45) is 0 Å². The van der Waals surface area contributed by atoms with Crippen LogP contribution in [0.25, 0.3) is 0 Å². The first-order chi connectivity index (χ1) is 12.7. The van der Waals surface area contributed by atoms with Crippen LogP contribution in [0.2, 0.25) is 0 Å². The van der Waals surface area contributed by atoms with Crippen LogP contribution in [-0.2, 0) is 6.61 Å². The van der Waals surface area contributed by atoms with E-state index < -0.39 is 5.82 Å². The zero-order valence-electron chi connectivity index (χ0n) is 14.2. The average Bonchev–Trinajstić information content (AvgIpc) is 3.10. The van der Waals surface area contributed by atoms with Gasteiger partial charge in [-0.3, -0.25) is 4.79 Å². The maximum atomic E-state index is 13.2. The first-order valence-electron chi connectivity index (χ1n) is 8.14. The van der Waals surface area contributed by atoms with Crippen molar-refractivity contribution >= 4 is 22.9 Å². The minimum absolute atomic E-state index is 0.276. The number of hydrogen-bond donors (Lipinski definition) is 1. The number of para-hydroxylation sites is 2. The van der Waals surface area contributed by atoms with Gasteiger partial charge in [-0.1, -0.05) is 18.2 Å². The summed E-state index contributed by atoms with van der Waals surface area (Å²) in [7, 11) is 0. The van der Waals surface area contributed by atoms with Crippen molar-refractivity contribution in [1.29, 1.82) is 0 Å². The fourth-order valence-electron chi connectivity index (χ4n) is 2.33. The van der Waals surface area contributed by atoms with E-state index >= 15 is 0 Å². The second kappa shape index (κ2) is 8.49. The van der Waals surface area contributed by atoms with Crippen molar-refractivity contribution in [1.82, 2.24) is 0 Å². The number of benzene rings is 2. The quantitative estimate of drug-likeness (QED) is 0.627. The molecule has 0 fully saturated rings. The molecule has 0 unspecified atom stereocenters. The number of anilines is 1. The molecule has 0 atom stereocenters. The highest BCUT2D eigenvalue weighted by atomic mass is 32.1. The molecule has 4 nitrogen and oxygen atoms in total. The van der Waals surface area contributed by atoms with Gasteiger partial charge in [0.2, 0.25) is 0 Å². The lowest BCUT2D eigenvalue weighted by molar-refractivity contribution is 0.103. The molecular weight excluding hydrogens is 353 g/mol. The van der Waals surface area contributed by atoms with Crippen molar-refractivity contribution in [3.8, 4) is 11.5 Å². The molecule has 0 saturated carbocycles. The fraction of sp³-hybridized carbons (Fsp3) is 0.150. The first-order valence-corrected chi connectivity index (χ1v) is 9.02. The van der Waals surface area contributed by atoms with Crippen LogP contribution in [0.1, 0.15) is 22.2 Å². The van der Waals surface area contributed by atoms with Gasteiger partial charge in [0.1, 0.15) is 12.4 Å². The number of ether oxygens (including phenoxy) is 2. The molecule has 1 amide bonds. The van der Waals surface area contributed by atoms with E-state index in [0.29, 0.717) is 35.3 Å². The van der Waals surface area contributed by atoms with Gasteiger partial charge in [-0.2, -0.15) is 0 Å². The molecule has 0 bridgehead atoms. The van der Waals surface area contributed by atoms with Gasteiger partial charge in [0.15, 0.2) is 11.5 Å². The summed E-state index contributed by atoms with van der Waals surface area (Å²) in [4.78, 5) is 12.8. The summed E-state index contributed by atoms with van der Waals surface area (Å²) in [5.41, 5.74) is 1.30. The van der Waals surface area contributed by atoms with E-state index in [-0.39, 0.29) is 5.91 Å². The third-order valence-corrected chi connectivity index (χ3v) is 4.48. The molecule has 3 rings (SSSR count). The third-order valence-electron chi connectivity index (χ3n) is 3.50. The van der Waals surface area contributed by atoms with Crippen LogP contribution in [0.15, 0.2) is 60.0 Å². The highest BCUT2D eigenvalue weighted by molar-refractivity contribution is 7.12. The van der Waals surface area contributed by atoms with Crippen LogP contribution >= 0.6 is 11.3 Å². The van der Waals surface area contributed by atoms with Gasteiger partial charge in [-0.15, -0.1) is 11.3 Å². The highest BCUT2D eigenvalue weighted by Crippen LogP contribution is 2.28. The Bertz CT molecular complexity index is 894. The Morgan fingerprint density at radius 2 is 1.85 bits per heavy atom. The monoisotopic (exact) mass is 371 g/mol. The number of nitrogens with one attached hydrogen (secondary N) is 1. The van der Waals surface area contributed by atoms with Crippen LogP contribution in [0.3, 0.4) is 0 Å². The summed E-state index contributed by atoms with van der Waals surface area (Å²) in [5.74, 6) is 0.679. The summed E-state index contributed by atoms with van der Waals surface area (Å²) in [5, 5.41) is 4.55. The Kier molecular flexibility index (Phi) is 5.86. The molecule has 0 aliphatic rings. The molecule has 0 aliphatic carbocycles. The Hall–Kier alpha value is -2.86. The van der Waals surface area contributed by atoms with Crippen LogP contribution in [0.4, 0.5) is 10.1 Å². The van der Waals surface area contributed by atoms with Crippen LogP contribution in [0, 0.1) is 5.82 Å². The number of carbonyl (C=O) groups excluding carboxylic acids is 1. The maximum Gasteiger partial charge on any atom is 0.265 e. The Balaban J connectivity index is 1.62. The summed E-state index contributed by atoms with van der Waals surface area (Å²) >= 11 is 1.31. The smallest absolute Gasteiger partial charge is 0.265 e. The Labute approximate surface area is 155 Å². The van der Waals surface area contributed by atoms with Gasteiger partial charge in [0.25, 0.3) is 5.91 Å². The van der Waals surface area contributed by atoms with Crippen molar-refractivity contribution in [3.05, 3.63) is 76.2 Å². The van der Waals surface area contributed by atoms with E-state index in [0.717, 1.165) is 5.56 Å². The number of rotatable bonds is 7. The number of carbonyl (C=O) groups is 1. The second-order valence-electron chi connectivity index (χ2n) is 5.45. The first kappa shape index (κ1) is 17.9. The zero-order valence-corrected chi connectivity index (χ0v) is 15.0. The highest BCUT2D eigenvalue weighted by Gasteiger charge is 2.11. The van der Waals surface area contributed by atoms with E-state index in [1.54, 1.807) is 18.2 Å². The SMILES string of the molecule is CCOc1ccccc1OCc1csc(C(=O)Nc2cccc(F)c2)c1. The minimum atomic E-state index is -0.393. The fourth-order valence-corrected chi connectivity index (χ4v) is 3.13. The zero-order chi connectivity index (χ0) is 18.4. The molecule has 1 heterocycles. The Morgan fingerprint density at radius 1 is 1.08 bits per heavy atom. The summed E-state index contributed by atoms with van der Waals surface area (Å²) in [6, 6.07) is 15.0. The summed E-state index contributed by atoms with van der Waals surface area (Å²) in [6.45, 7) is 2.80. The van der Waals surface area contributed by atoms with Gasteiger partial charge in [-0.25, -0.2) is 4.39 Å². The molecule has 0 radical (unpaired) electrons. The minimum Gasteiger partial charge on any atom is -0.490 e. The molecule has 2 aromatic carbocycles. The maximum absolute atomic E-state index is 13.2. The predicted molar refractivity (Wildman–Crippen MR) is 101 cm³/mol. The number of hydrogen-bond acceptors (Lipinski definition) is 4. The van der Waals surface area contributed by atoms with Crippen LogP contribution in [0.5, 0.6) is 11.5 Å². The summed E-state index contributed by atoms with van der Waals surface area (Å²) < 4.78 is 24.5. The lowest BCUT2D eigenvalue weighted by atomic mass is 10.3. The molecule has 0 spiro atoms. The predicted octanol–water partition coefficient (Wildman–Crippen LogP) is 5.12. The van der Waals surface area contributed by atoms with Crippen molar-refractivity contribution in [2.75, 3.05) is 11.9 Å². The van der Waals surface area contributed by atoms with Gasteiger partial charge in [0, 0.05) is 11.3 Å². The lowest BCUT2D eigenvalue weighted by Crippen LogP contribution is -2.10. The normalized spacial score (nSPS) is 10.4. The van der Waals surface area contributed by atoms with E-state index in [9.17, 15) is 9.18 Å². The standard InChI is InChI=1S/C20H18FNO3S/c1-2-24-17-8-3-4-9-18(17)25-12-14-10-19(26-13-14)20(23)22-16-7-5-6-15(21)11-16/h3-11,13H,2,12H2,1H3,(H,22,23). The summed E-state index contributed by atoms with van der Waals surface area (Å²) in [6.07, 6.45) is 0. The second-order valence-corrected chi connectivity index (χ2v) is 6.36. The molecule has 1 aromatic heterocycles. The molecular formula is C20H18FNO3S. The van der Waals surface area contributed by atoms with E-state index in [1.807, 2.05) is 36.6 Å². The van der Waals surface area contributed by atoms with E-state index in [1.165, 1.54) is 23.5 Å². The molecule has 134 valence electrons. The van der Waals surface area contributed by atoms with Gasteiger partial charge < -0.3 is 14.8 Å².